The Morgan fingerprint density at radius 1 is 0.679 bits per heavy atom. The highest BCUT2D eigenvalue weighted by Gasteiger charge is 2.20. The summed E-state index contributed by atoms with van der Waals surface area (Å²) in [4.78, 5) is 0. The maximum absolute atomic E-state index is 3.73. The minimum Gasteiger partial charge on any atom is -0.310 e. The fourth-order valence-corrected chi connectivity index (χ4v) is 3.95. The Kier molecular flexibility index (Phi) is 7.87. The van der Waals surface area contributed by atoms with E-state index in [0.717, 1.165) is 13.0 Å². The number of benzene rings is 3. The van der Waals surface area contributed by atoms with Crippen LogP contribution in [0.15, 0.2) is 84.9 Å². The van der Waals surface area contributed by atoms with Crippen LogP contribution in [-0.2, 0) is 6.42 Å². The first-order valence-electron chi connectivity index (χ1n) is 10.7. The van der Waals surface area contributed by atoms with Gasteiger partial charge in [-0.05, 0) is 48.1 Å². The Bertz CT molecular complexity index is 753. The van der Waals surface area contributed by atoms with E-state index in [0.29, 0.717) is 12.0 Å². The lowest BCUT2D eigenvalue weighted by molar-refractivity contribution is 0.488. The SMILES string of the molecule is CCCCc1ccc(C(CC(c2ccccc2)c2ccccc2)NCC)cc1. The highest BCUT2D eigenvalue weighted by molar-refractivity contribution is 5.34. The van der Waals surface area contributed by atoms with E-state index < -0.39 is 0 Å². The minimum absolute atomic E-state index is 0.343. The van der Waals surface area contributed by atoms with Crippen LogP contribution in [0.5, 0.6) is 0 Å². The second kappa shape index (κ2) is 10.8. The van der Waals surface area contributed by atoms with Crippen molar-refractivity contribution in [2.45, 2.75) is 51.5 Å². The van der Waals surface area contributed by atoms with Crippen molar-refractivity contribution >= 4 is 0 Å². The van der Waals surface area contributed by atoms with Crippen molar-refractivity contribution in [2.75, 3.05) is 6.54 Å². The highest BCUT2D eigenvalue weighted by Crippen LogP contribution is 2.34. The molecular weight excluding hydrogens is 338 g/mol. The summed E-state index contributed by atoms with van der Waals surface area (Å²) in [5.74, 6) is 0.381. The molecule has 1 nitrogen and oxygen atoms in total. The molecule has 0 aliphatic rings. The molecule has 3 aromatic rings. The van der Waals surface area contributed by atoms with E-state index in [2.05, 4.69) is 104 Å². The predicted molar refractivity (Wildman–Crippen MR) is 121 cm³/mol. The normalized spacial score (nSPS) is 12.2. The van der Waals surface area contributed by atoms with Crippen LogP contribution < -0.4 is 5.32 Å². The highest BCUT2D eigenvalue weighted by atomic mass is 14.9. The topological polar surface area (TPSA) is 12.0 Å². The number of aryl methyl sites for hydroxylation is 1. The Hall–Kier alpha value is -2.38. The van der Waals surface area contributed by atoms with Gasteiger partial charge in [0, 0.05) is 12.0 Å². The van der Waals surface area contributed by atoms with Crippen molar-refractivity contribution in [2.24, 2.45) is 0 Å². The van der Waals surface area contributed by atoms with Crippen LogP contribution in [0.2, 0.25) is 0 Å². The summed E-state index contributed by atoms with van der Waals surface area (Å²) in [6.07, 6.45) is 4.74. The number of hydrogen-bond donors (Lipinski definition) is 1. The minimum atomic E-state index is 0.343. The maximum atomic E-state index is 3.73. The van der Waals surface area contributed by atoms with Crippen LogP contribution in [0.3, 0.4) is 0 Å². The molecule has 28 heavy (non-hydrogen) atoms. The molecule has 0 aliphatic heterocycles. The van der Waals surface area contributed by atoms with E-state index in [1.54, 1.807) is 0 Å². The summed E-state index contributed by atoms with van der Waals surface area (Å²) in [6.45, 7) is 5.42. The van der Waals surface area contributed by atoms with E-state index in [-0.39, 0.29) is 0 Å². The quantitative estimate of drug-likeness (QED) is 0.408. The third kappa shape index (κ3) is 5.56. The number of nitrogens with one attached hydrogen (secondary N) is 1. The molecule has 146 valence electrons. The largest absolute Gasteiger partial charge is 0.310 e. The van der Waals surface area contributed by atoms with Crippen molar-refractivity contribution in [3.05, 3.63) is 107 Å². The van der Waals surface area contributed by atoms with Gasteiger partial charge in [-0.1, -0.05) is 105 Å². The maximum Gasteiger partial charge on any atom is 0.0329 e. The van der Waals surface area contributed by atoms with Gasteiger partial charge in [0.25, 0.3) is 0 Å². The zero-order valence-electron chi connectivity index (χ0n) is 17.3. The van der Waals surface area contributed by atoms with Gasteiger partial charge in [-0.2, -0.15) is 0 Å². The molecule has 3 rings (SSSR count). The van der Waals surface area contributed by atoms with Gasteiger partial charge in [-0.15, -0.1) is 0 Å². The molecule has 1 heteroatoms. The molecule has 0 heterocycles. The Labute approximate surface area is 170 Å². The average Bonchev–Trinajstić information content (AvgIpc) is 2.77. The van der Waals surface area contributed by atoms with Crippen LogP contribution >= 0.6 is 0 Å². The summed E-state index contributed by atoms with van der Waals surface area (Å²) in [5, 5.41) is 3.73. The fraction of sp³-hybridized carbons (Fsp3) is 0.333. The van der Waals surface area contributed by atoms with Gasteiger partial charge in [0.1, 0.15) is 0 Å². The first kappa shape index (κ1) is 20.4. The lowest BCUT2D eigenvalue weighted by Gasteiger charge is -2.26. The third-order valence-corrected chi connectivity index (χ3v) is 5.53. The molecule has 3 aromatic carbocycles. The zero-order valence-corrected chi connectivity index (χ0v) is 17.3. The van der Waals surface area contributed by atoms with Gasteiger partial charge < -0.3 is 5.32 Å². The second-order valence-electron chi connectivity index (χ2n) is 7.57. The third-order valence-electron chi connectivity index (χ3n) is 5.53. The van der Waals surface area contributed by atoms with Crippen LogP contribution in [0.1, 0.15) is 67.3 Å². The first-order chi connectivity index (χ1) is 13.8. The zero-order chi connectivity index (χ0) is 19.6. The first-order valence-corrected chi connectivity index (χ1v) is 10.7. The van der Waals surface area contributed by atoms with E-state index in [1.165, 1.54) is 41.5 Å². The van der Waals surface area contributed by atoms with Crippen molar-refractivity contribution in [3.8, 4) is 0 Å². The van der Waals surface area contributed by atoms with E-state index >= 15 is 0 Å². The van der Waals surface area contributed by atoms with Crippen molar-refractivity contribution in [1.82, 2.24) is 5.32 Å². The molecule has 0 amide bonds. The van der Waals surface area contributed by atoms with Crippen LogP contribution in [-0.4, -0.2) is 6.54 Å². The lowest BCUT2D eigenvalue weighted by Crippen LogP contribution is -2.23. The summed E-state index contributed by atoms with van der Waals surface area (Å²) in [7, 11) is 0. The van der Waals surface area contributed by atoms with Gasteiger partial charge >= 0.3 is 0 Å². The summed E-state index contributed by atoms with van der Waals surface area (Å²) < 4.78 is 0. The Morgan fingerprint density at radius 2 is 1.25 bits per heavy atom. The van der Waals surface area contributed by atoms with Crippen LogP contribution in [0, 0.1) is 0 Å². The number of rotatable bonds is 10. The summed E-state index contributed by atoms with van der Waals surface area (Å²) in [5.41, 5.74) is 5.61. The van der Waals surface area contributed by atoms with Crippen LogP contribution in [0.4, 0.5) is 0 Å². The van der Waals surface area contributed by atoms with E-state index in [4.69, 9.17) is 0 Å². The van der Waals surface area contributed by atoms with Crippen LogP contribution in [0.25, 0.3) is 0 Å². The van der Waals surface area contributed by atoms with Crippen molar-refractivity contribution in [1.29, 1.82) is 0 Å². The molecule has 0 aromatic heterocycles. The van der Waals surface area contributed by atoms with Gasteiger partial charge in [-0.25, -0.2) is 0 Å². The molecule has 0 spiro atoms. The summed E-state index contributed by atoms with van der Waals surface area (Å²) in [6, 6.07) is 31.5. The second-order valence-corrected chi connectivity index (χ2v) is 7.57. The van der Waals surface area contributed by atoms with Gasteiger partial charge in [0.15, 0.2) is 0 Å². The van der Waals surface area contributed by atoms with Gasteiger partial charge in [0.2, 0.25) is 0 Å². The molecule has 0 fully saturated rings. The smallest absolute Gasteiger partial charge is 0.0329 e. The van der Waals surface area contributed by atoms with E-state index in [1.807, 2.05) is 0 Å². The molecule has 0 aliphatic carbocycles. The summed E-state index contributed by atoms with van der Waals surface area (Å²) >= 11 is 0. The standard InChI is InChI=1S/C27H33N/c1-3-5-12-22-17-19-25(20-18-22)27(28-4-2)21-26(23-13-8-6-9-14-23)24-15-10-7-11-16-24/h6-11,13-20,26-28H,3-5,12,21H2,1-2H3. The molecule has 1 unspecified atom stereocenters. The predicted octanol–water partition coefficient (Wildman–Crippen LogP) is 6.90. The molecule has 0 bridgehead atoms. The van der Waals surface area contributed by atoms with E-state index in [9.17, 15) is 0 Å². The average molecular weight is 372 g/mol. The molecule has 0 saturated carbocycles. The van der Waals surface area contributed by atoms with Crippen molar-refractivity contribution < 1.29 is 0 Å². The molecule has 0 radical (unpaired) electrons. The van der Waals surface area contributed by atoms with Crippen molar-refractivity contribution in [3.63, 3.8) is 0 Å². The monoisotopic (exact) mass is 371 g/mol. The van der Waals surface area contributed by atoms with Gasteiger partial charge in [-0.3, -0.25) is 0 Å². The Balaban J connectivity index is 1.85. The molecule has 1 atom stereocenters. The molecule has 0 saturated heterocycles. The van der Waals surface area contributed by atoms with Gasteiger partial charge in [0.05, 0.1) is 0 Å². The molecular formula is C27H33N. The number of hydrogen-bond acceptors (Lipinski definition) is 1. The molecule has 1 N–H and O–H groups in total. The lowest BCUT2D eigenvalue weighted by atomic mass is 9.84. The fourth-order valence-electron chi connectivity index (χ4n) is 3.95. The Morgan fingerprint density at radius 3 is 1.75 bits per heavy atom. The number of unbranched alkanes of at least 4 members (excludes halogenated alkanes) is 1.